The zero-order chi connectivity index (χ0) is 8.97. The maximum atomic E-state index is 3.72. The third-order valence-electron chi connectivity index (χ3n) is 1.86. The van der Waals surface area contributed by atoms with Gasteiger partial charge in [-0.05, 0) is 23.5 Å². The van der Waals surface area contributed by atoms with Gasteiger partial charge >= 0.3 is 0 Å². The van der Waals surface area contributed by atoms with Crippen molar-refractivity contribution in [3.8, 4) is 0 Å². The molecule has 64 valence electrons. The summed E-state index contributed by atoms with van der Waals surface area (Å²) in [5, 5.41) is 0. The molecule has 12 heavy (non-hydrogen) atoms. The molecule has 0 nitrogen and oxygen atoms in total. The van der Waals surface area contributed by atoms with E-state index < -0.39 is 0 Å². The van der Waals surface area contributed by atoms with E-state index in [0.717, 1.165) is 12.3 Å². The highest BCUT2D eigenvalue weighted by Gasteiger charge is 1.96. The van der Waals surface area contributed by atoms with E-state index in [-0.39, 0.29) is 0 Å². The van der Waals surface area contributed by atoms with Gasteiger partial charge in [0.05, 0.1) is 0 Å². The van der Waals surface area contributed by atoms with E-state index in [1.165, 1.54) is 11.1 Å². The summed E-state index contributed by atoms with van der Waals surface area (Å²) in [5.74, 6) is 0.736. The van der Waals surface area contributed by atoms with E-state index in [9.17, 15) is 0 Å². The van der Waals surface area contributed by atoms with E-state index in [2.05, 4.69) is 44.7 Å². The van der Waals surface area contributed by atoms with Gasteiger partial charge in [-0.15, -0.1) is 0 Å². The lowest BCUT2D eigenvalue weighted by atomic mass is 10.0. The number of hydrogen-bond acceptors (Lipinski definition) is 0. The average Bonchev–Trinajstić information content (AvgIpc) is 2.05. The molecule has 0 N–H and O–H groups in total. The Balaban J connectivity index is 2.71. The Hall–Kier alpha value is -1.04. The van der Waals surface area contributed by atoms with Crippen LogP contribution in [0.4, 0.5) is 0 Å². The largest absolute Gasteiger partial charge is 0.0985 e. The molecule has 1 aromatic rings. The molecule has 0 aliphatic heterocycles. The zero-order valence-electron chi connectivity index (χ0n) is 7.88. The molecule has 0 atom stereocenters. The maximum Gasteiger partial charge on any atom is -0.0256 e. The summed E-state index contributed by atoms with van der Waals surface area (Å²) < 4.78 is 0. The van der Waals surface area contributed by atoms with Crippen LogP contribution in [0.15, 0.2) is 30.8 Å². The highest BCUT2D eigenvalue weighted by atomic mass is 14.0. The Kier molecular flexibility index (Phi) is 3.09. The lowest BCUT2D eigenvalue weighted by Crippen LogP contribution is -1.93. The van der Waals surface area contributed by atoms with Crippen LogP contribution in [-0.2, 0) is 6.42 Å². The minimum Gasteiger partial charge on any atom is -0.0985 e. The molecule has 0 aliphatic carbocycles. The molecule has 1 rings (SSSR count). The predicted molar refractivity (Wildman–Crippen MR) is 55.1 cm³/mol. The van der Waals surface area contributed by atoms with Crippen LogP contribution in [0.25, 0.3) is 6.08 Å². The summed E-state index contributed by atoms with van der Waals surface area (Å²) in [6.45, 7) is 8.20. The van der Waals surface area contributed by atoms with Gasteiger partial charge in [0.15, 0.2) is 0 Å². The van der Waals surface area contributed by atoms with Crippen LogP contribution in [0.5, 0.6) is 0 Å². The van der Waals surface area contributed by atoms with Gasteiger partial charge in [0.25, 0.3) is 0 Å². The molecule has 0 aliphatic rings. The van der Waals surface area contributed by atoms with Crippen LogP contribution in [-0.4, -0.2) is 0 Å². The summed E-state index contributed by atoms with van der Waals surface area (Å²) in [6, 6.07) is 8.59. The van der Waals surface area contributed by atoms with Crippen LogP contribution < -0.4 is 0 Å². The molecule has 0 heterocycles. The van der Waals surface area contributed by atoms with Gasteiger partial charge in [0.1, 0.15) is 0 Å². The maximum absolute atomic E-state index is 3.72. The first-order valence-corrected chi connectivity index (χ1v) is 4.43. The summed E-state index contributed by atoms with van der Waals surface area (Å²) in [5.41, 5.74) is 2.61. The Bertz CT molecular complexity index is 241. The Labute approximate surface area is 74.9 Å². The van der Waals surface area contributed by atoms with Crippen molar-refractivity contribution in [3.05, 3.63) is 42.0 Å². The van der Waals surface area contributed by atoms with Crippen molar-refractivity contribution < 1.29 is 0 Å². The first kappa shape index (κ1) is 9.05. The summed E-state index contributed by atoms with van der Waals surface area (Å²) in [6.07, 6.45) is 3.04. The normalized spacial score (nSPS) is 10.2. The molecule has 0 heteroatoms. The van der Waals surface area contributed by atoms with Crippen LogP contribution in [0.2, 0.25) is 0 Å². The fourth-order valence-corrected chi connectivity index (χ4v) is 1.26. The summed E-state index contributed by atoms with van der Waals surface area (Å²) in [7, 11) is 0. The van der Waals surface area contributed by atoms with Crippen LogP contribution in [0.3, 0.4) is 0 Å². The van der Waals surface area contributed by atoms with Crippen molar-refractivity contribution in [2.75, 3.05) is 0 Å². The van der Waals surface area contributed by atoms with Crippen molar-refractivity contribution in [2.24, 2.45) is 5.92 Å². The molecule has 1 aromatic carbocycles. The number of hydrogen-bond donors (Lipinski definition) is 0. The molecule has 0 fully saturated rings. The van der Waals surface area contributed by atoms with Gasteiger partial charge in [-0.1, -0.05) is 50.8 Å². The number of benzene rings is 1. The molecule has 0 aromatic heterocycles. The van der Waals surface area contributed by atoms with E-state index in [4.69, 9.17) is 0 Å². The Morgan fingerprint density at radius 3 is 2.25 bits per heavy atom. The highest BCUT2D eigenvalue weighted by molar-refractivity contribution is 5.47. The van der Waals surface area contributed by atoms with E-state index in [1.807, 2.05) is 6.08 Å². The number of rotatable bonds is 3. The van der Waals surface area contributed by atoms with Gasteiger partial charge in [-0.25, -0.2) is 0 Å². The SMILES string of the molecule is C=Cc1ccc(CC(C)C)cc1. The molecular formula is C12H16. The summed E-state index contributed by atoms with van der Waals surface area (Å²) >= 11 is 0. The second kappa shape index (κ2) is 4.10. The minimum atomic E-state index is 0.736. The van der Waals surface area contributed by atoms with Crippen molar-refractivity contribution >= 4 is 6.08 Å². The van der Waals surface area contributed by atoms with Crippen LogP contribution in [0, 0.1) is 5.92 Å². The van der Waals surface area contributed by atoms with E-state index in [0.29, 0.717) is 0 Å². The van der Waals surface area contributed by atoms with Crippen molar-refractivity contribution in [2.45, 2.75) is 20.3 Å². The molecule has 0 spiro atoms. The van der Waals surface area contributed by atoms with Crippen molar-refractivity contribution in [3.63, 3.8) is 0 Å². The Morgan fingerprint density at radius 1 is 1.25 bits per heavy atom. The van der Waals surface area contributed by atoms with Gasteiger partial charge in [0, 0.05) is 0 Å². The third kappa shape index (κ3) is 2.54. The lowest BCUT2D eigenvalue weighted by Gasteiger charge is -2.04. The highest BCUT2D eigenvalue weighted by Crippen LogP contribution is 2.09. The van der Waals surface area contributed by atoms with Crippen molar-refractivity contribution in [1.29, 1.82) is 0 Å². The average molecular weight is 160 g/mol. The predicted octanol–water partition coefficient (Wildman–Crippen LogP) is 3.53. The molecule has 0 radical (unpaired) electrons. The molecule has 0 amide bonds. The monoisotopic (exact) mass is 160 g/mol. The minimum absolute atomic E-state index is 0.736. The zero-order valence-corrected chi connectivity index (χ0v) is 7.88. The first-order chi connectivity index (χ1) is 5.72. The summed E-state index contributed by atoms with van der Waals surface area (Å²) in [4.78, 5) is 0. The molecule has 0 saturated carbocycles. The van der Waals surface area contributed by atoms with Crippen LogP contribution >= 0.6 is 0 Å². The fraction of sp³-hybridized carbons (Fsp3) is 0.333. The standard InChI is InChI=1S/C12H16/c1-4-11-5-7-12(8-6-11)9-10(2)3/h4-8,10H,1,9H2,2-3H3. The third-order valence-corrected chi connectivity index (χ3v) is 1.86. The lowest BCUT2D eigenvalue weighted by molar-refractivity contribution is 0.647. The second-order valence-electron chi connectivity index (χ2n) is 3.54. The van der Waals surface area contributed by atoms with Gasteiger partial charge in [0.2, 0.25) is 0 Å². The topological polar surface area (TPSA) is 0 Å². The van der Waals surface area contributed by atoms with Gasteiger partial charge < -0.3 is 0 Å². The molecule has 0 bridgehead atoms. The smallest absolute Gasteiger partial charge is 0.0256 e. The molecule has 0 unspecified atom stereocenters. The molecule has 0 saturated heterocycles. The molecular weight excluding hydrogens is 144 g/mol. The van der Waals surface area contributed by atoms with Gasteiger partial charge in [-0.2, -0.15) is 0 Å². The van der Waals surface area contributed by atoms with Crippen molar-refractivity contribution in [1.82, 2.24) is 0 Å². The first-order valence-electron chi connectivity index (χ1n) is 4.43. The van der Waals surface area contributed by atoms with E-state index >= 15 is 0 Å². The quantitative estimate of drug-likeness (QED) is 0.634. The van der Waals surface area contributed by atoms with E-state index in [1.54, 1.807) is 0 Å². The van der Waals surface area contributed by atoms with Crippen LogP contribution in [0.1, 0.15) is 25.0 Å². The fourth-order valence-electron chi connectivity index (χ4n) is 1.26. The Morgan fingerprint density at radius 2 is 1.83 bits per heavy atom. The van der Waals surface area contributed by atoms with Gasteiger partial charge in [-0.3, -0.25) is 0 Å². The second-order valence-corrected chi connectivity index (χ2v) is 3.54.